The Morgan fingerprint density at radius 1 is 1.45 bits per heavy atom. The molecule has 0 atom stereocenters. The fourth-order valence-corrected chi connectivity index (χ4v) is 2.25. The first-order chi connectivity index (χ1) is 5.45. The molecule has 3 aliphatic heterocycles. The smallest absolute Gasteiger partial charge is 0.0785 e. The minimum absolute atomic E-state index is 0.775. The summed E-state index contributed by atoms with van der Waals surface area (Å²) >= 11 is 0. The van der Waals surface area contributed by atoms with Crippen LogP contribution in [0.2, 0.25) is 0 Å². The van der Waals surface area contributed by atoms with Gasteiger partial charge in [0.15, 0.2) is 0 Å². The minimum atomic E-state index is 0.775. The van der Waals surface area contributed by atoms with E-state index >= 15 is 0 Å². The lowest BCUT2D eigenvalue weighted by molar-refractivity contribution is 0.466. The molecule has 1 aromatic rings. The van der Waals surface area contributed by atoms with Crippen LogP contribution in [0.1, 0.15) is 24.5 Å². The van der Waals surface area contributed by atoms with Crippen molar-refractivity contribution in [3.8, 4) is 0 Å². The summed E-state index contributed by atoms with van der Waals surface area (Å²) in [6.45, 7) is 2.47. The largest absolute Gasteiger partial charge is 0.369 e. The number of hydrogen-bond acceptors (Lipinski definition) is 2. The van der Waals surface area contributed by atoms with Crippen LogP contribution in [0.15, 0.2) is 6.20 Å². The first kappa shape index (κ1) is 5.63. The normalized spacial score (nSPS) is 22.4. The molecule has 58 valence electrons. The lowest BCUT2D eigenvalue weighted by atomic mass is 9.88. The SMILES string of the molecule is c1n[nH]c2c1N1CCC2CC1. The lowest BCUT2D eigenvalue weighted by Gasteiger charge is -2.39. The zero-order valence-corrected chi connectivity index (χ0v) is 6.38. The zero-order valence-electron chi connectivity index (χ0n) is 6.38. The van der Waals surface area contributed by atoms with Gasteiger partial charge in [-0.15, -0.1) is 0 Å². The Morgan fingerprint density at radius 2 is 2.27 bits per heavy atom. The van der Waals surface area contributed by atoms with Gasteiger partial charge >= 0.3 is 0 Å². The van der Waals surface area contributed by atoms with Crippen molar-refractivity contribution < 1.29 is 0 Å². The topological polar surface area (TPSA) is 31.9 Å². The number of hydrogen-bond donors (Lipinski definition) is 1. The Labute approximate surface area is 65.4 Å². The Hall–Kier alpha value is -0.990. The molecule has 1 N–H and O–H groups in total. The van der Waals surface area contributed by atoms with E-state index in [4.69, 9.17) is 0 Å². The van der Waals surface area contributed by atoms with Crippen molar-refractivity contribution in [3.63, 3.8) is 0 Å². The third kappa shape index (κ3) is 0.607. The van der Waals surface area contributed by atoms with Gasteiger partial charge in [-0.05, 0) is 12.8 Å². The molecule has 0 unspecified atom stereocenters. The highest BCUT2D eigenvalue weighted by atomic mass is 15.2. The molecule has 11 heavy (non-hydrogen) atoms. The van der Waals surface area contributed by atoms with Crippen LogP contribution in [-0.4, -0.2) is 23.3 Å². The van der Waals surface area contributed by atoms with Crippen molar-refractivity contribution in [2.45, 2.75) is 18.8 Å². The first-order valence-electron chi connectivity index (χ1n) is 4.23. The highest BCUT2D eigenvalue weighted by Gasteiger charge is 2.31. The van der Waals surface area contributed by atoms with Gasteiger partial charge in [-0.1, -0.05) is 0 Å². The zero-order chi connectivity index (χ0) is 7.26. The van der Waals surface area contributed by atoms with E-state index in [9.17, 15) is 0 Å². The van der Waals surface area contributed by atoms with Crippen LogP contribution >= 0.6 is 0 Å². The number of aromatic nitrogens is 2. The number of nitrogens with zero attached hydrogens (tertiary/aromatic N) is 2. The van der Waals surface area contributed by atoms with Gasteiger partial charge in [0.2, 0.25) is 0 Å². The van der Waals surface area contributed by atoms with Gasteiger partial charge in [0, 0.05) is 19.0 Å². The number of aromatic amines is 1. The van der Waals surface area contributed by atoms with Crippen molar-refractivity contribution >= 4 is 5.69 Å². The molecular weight excluding hydrogens is 138 g/mol. The minimum Gasteiger partial charge on any atom is -0.369 e. The molecule has 0 radical (unpaired) electrons. The van der Waals surface area contributed by atoms with Gasteiger partial charge in [0.25, 0.3) is 0 Å². The summed E-state index contributed by atoms with van der Waals surface area (Å²) in [5, 5.41) is 7.18. The predicted molar refractivity (Wildman–Crippen MR) is 42.8 cm³/mol. The number of anilines is 1. The summed E-state index contributed by atoms with van der Waals surface area (Å²) in [6.07, 6.45) is 4.59. The van der Waals surface area contributed by atoms with E-state index in [1.165, 1.54) is 37.3 Å². The van der Waals surface area contributed by atoms with E-state index in [2.05, 4.69) is 15.1 Å². The molecule has 4 heterocycles. The number of piperidine rings is 1. The van der Waals surface area contributed by atoms with Crippen LogP contribution in [0.4, 0.5) is 5.69 Å². The summed E-state index contributed by atoms with van der Waals surface area (Å²) in [6, 6.07) is 0. The highest BCUT2D eigenvalue weighted by Crippen LogP contribution is 2.40. The maximum Gasteiger partial charge on any atom is 0.0785 e. The molecule has 3 nitrogen and oxygen atoms in total. The molecular formula is C8H11N3. The lowest BCUT2D eigenvalue weighted by Crippen LogP contribution is -2.38. The molecule has 1 aromatic heterocycles. The highest BCUT2D eigenvalue weighted by molar-refractivity contribution is 5.54. The molecule has 2 bridgehead atoms. The fourth-order valence-electron chi connectivity index (χ4n) is 2.25. The molecule has 0 amide bonds. The summed E-state index contributed by atoms with van der Waals surface area (Å²) in [5.74, 6) is 0.775. The molecule has 0 saturated carbocycles. The molecule has 0 aliphatic carbocycles. The maximum absolute atomic E-state index is 4.08. The Balaban J connectivity index is 2.19. The van der Waals surface area contributed by atoms with Gasteiger partial charge in [-0.3, -0.25) is 5.10 Å². The van der Waals surface area contributed by atoms with Crippen LogP contribution in [0.25, 0.3) is 0 Å². The van der Waals surface area contributed by atoms with Crippen molar-refractivity contribution in [1.29, 1.82) is 0 Å². The van der Waals surface area contributed by atoms with Crippen molar-refractivity contribution in [2.24, 2.45) is 0 Å². The number of rotatable bonds is 0. The van der Waals surface area contributed by atoms with Crippen LogP contribution in [-0.2, 0) is 0 Å². The van der Waals surface area contributed by atoms with E-state index in [-0.39, 0.29) is 0 Å². The Kier molecular flexibility index (Phi) is 0.913. The summed E-state index contributed by atoms with van der Waals surface area (Å²) in [5.41, 5.74) is 2.73. The Bertz CT molecular complexity index is 244. The van der Waals surface area contributed by atoms with E-state index in [0.29, 0.717) is 0 Å². The van der Waals surface area contributed by atoms with E-state index in [1.807, 2.05) is 6.20 Å². The summed E-state index contributed by atoms with van der Waals surface area (Å²) in [7, 11) is 0. The predicted octanol–water partition coefficient (Wildman–Crippen LogP) is 1.11. The summed E-state index contributed by atoms with van der Waals surface area (Å²) < 4.78 is 0. The van der Waals surface area contributed by atoms with Crippen molar-refractivity contribution in [1.82, 2.24) is 10.2 Å². The third-order valence-electron chi connectivity index (χ3n) is 2.89. The van der Waals surface area contributed by atoms with Gasteiger partial charge in [0.05, 0.1) is 17.6 Å². The van der Waals surface area contributed by atoms with Gasteiger partial charge in [-0.2, -0.15) is 5.10 Å². The van der Waals surface area contributed by atoms with Crippen LogP contribution in [0, 0.1) is 0 Å². The average molecular weight is 149 g/mol. The van der Waals surface area contributed by atoms with Crippen molar-refractivity contribution in [3.05, 3.63) is 11.9 Å². The van der Waals surface area contributed by atoms with Gasteiger partial charge in [0.1, 0.15) is 0 Å². The van der Waals surface area contributed by atoms with Crippen LogP contribution in [0.3, 0.4) is 0 Å². The van der Waals surface area contributed by atoms with E-state index < -0.39 is 0 Å². The molecule has 4 rings (SSSR count). The average Bonchev–Trinajstić information content (AvgIpc) is 2.55. The van der Waals surface area contributed by atoms with Gasteiger partial charge in [-0.25, -0.2) is 0 Å². The van der Waals surface area contributed by atoms with E-state index in [0.717, 1.165) is 5.92 Å². The molecule has 3 heteroatoms. The van der Waals surface area contributed by atoms with Crippen LogP contribution in [0.5, 0.6) is 0 Å². The molecule has 0 spiro atoms. The molecule has 1 fully saturated rings. The number of H-pyrrole nitrogens is 1. The maximum atomic E-state index is 4.08. The van der Waals surface area contributed by atoms with Gasteiger partial charge < -0.3 is 4.90 Å². The third-order valence-corrected chi connectivity index (χ3v) is 2.89. The monoisotopic (exact) mass is 149 g/mol. The standard InChI is InChI=1S/C8H11N3/c1-3-11-4-2-6(1)8-7(11)5-9-10-8/h5-6H,1-4H2,(H,9,10). The fraction of sp³-hybridized carbons (Fsp3) is 0.625. The second kappa shape index (κ2) is 1.78. The van der Waals surface area contributed by atoms with E-state index in [1.54, 1.807) is 0 Å². The number of nitrogens with one attached hydrogen (secondary N) is 1. The quantitative estimate of drug-likeness (QED) is 0.599. The Morgan fingerprint density at radius 3 is 3.00 bits per heavy atom. The van der Waals surface area contributed by atoms with Crippen molar-refractivity contribution in [2.75, 3.05) is 18.0 Å². The second-order valence-corrected chi connectivity index (χ2v) is 3.43. The number of fused-ring (bicyclic) bond motifs is 2. The van der Waals surface area contributed by atoms with Crippen LogP contribution < -0.4 is 4.90 Å². The molecule has 1 saturated heterocycles. The molecule has 0 aromatic carbocycles. The first-order valence-corrected chi connectivity index (χ1v) is 4.23. The summed E-state index contributed by atoms with van der Waals surface area (Å²) in [4.78, 5) is 2.43. The molecule has 3 aliphatic rings. The second-order valence-electron chi connectivity index (χ2n) is 3.43.